The molecule has 1 aliphatic rings. The van der Waals surface area contributed by atoms with Crippen LogP contribution in [0.4, 0.5) is 0 Å². The highest BCUT2D eigenvalue weighted by atomic mass is 31.2. The van der Waals surface area contributed by atoms with E-state index in [9.17, 15) is 44.0 Å². The van der Waals surface area contributed by atoms with Crippen LogP contribution >= 0.6 is 15.6 Å². The lowest BCUT2D eigenvalue weighted by molar-refractivity contribution is -0.160. The van der Waals surface area contributed by atoms with Crippen molar-refractivity contribution in [1.82, 2.24) is 0 Å². The molecule has 0 saturated heterocycles. The van der Waals surface area contributed by atoms with Crippen LogP contribution in [0.5, 0.6) is 0 Å². The Balaban J connectivity index is 2.65. The molecule has 18 heteroatoms. The van der Waals surface area contributed by atoms with E-state index in [1.165, 1.54) is 31.8 Å². The molecule has 7 N–H and O–H groups in total. The molecule has 0 aromatic carbocycles. The Morgan fingerprint density at radius 2 is 1.30 bits per heavy atom. The number of aliphatic hydroxyl groups excluding tert-OH is 4. The zero-order chi connectivity index (χ0) is 44.7. The molecule has 0 bridgehead atoms. The van der Waals surface area contributed by atoms with Crippen molar-refractivity contribution in [2.45, 2.75) is 166 Å². The lowest BCUT2D eigenvalue weighted by atomic mass is 9.89. The van der Waals surface area contributed by atoms with Gasteiger partial charge in [-0.05, 0) is 50.9 Å². The van der Waals surface area contributed by atoms with Gasteiger partial charge in [0.15, 0.2) is 6.10 Å². The van der Waals surface area contributed by atoms with E-state index < -0.39 is 90.4 Å². The van der Waals surface area contributed by atoms with Gasteiger partial charge in [-0.2, -0.15) is 0 Å². The summed E-state index contributed by atoms with van der Waals surface area (Å²) in [7, 11) is -9.81. The van der Waals surface area contributed by atoms with E-state index in [2.05, 4.69) is 47.2 Å². The molecule has 0 radical (unpaired) electrons. The van der Waals surface area contributed by atoms with Gasteiger partial charge in [-0.1, -0.05) is 120 Å². The lowest BCUT2D eigenvalue weighted by Crippen LogP contribution is -2.29. The summed E-state index contributed by atoms with van der Waals surface area (Å²) in [5.74, 6) is -2.10. The van der Waals surface area contributed by atoms with Crippen molar-refractivity contribution in [2.75, 3.05) is 26.4 Å². The van der Waals surface area contributed by atoms with Gasteiger partial charge >= 0.3 is 27.6 Å². The highest BCUT2D eigenvalue weighted by Crippen LogP contribution is 2.44. The highest BCUT2D eigenvalue weighted by Gasteiger charge is 2.39. The molecule has 0 aromatic rings. The maximum atomic E-state index is 12.8. The summed E-state index contributed by atoms with van der Waals surface area (Å²) in [5.41, 5.74) is 0. The number of phosphoric acid groups is 2. The Morgan fingerprint density at radius 1 is 0.700 bits per heavy atom. The van der Waals surface area contributed by atoms with E-state index in [1.54, 1.807) is 18.2 Å². The fourth-order valence-electron chi connectivity index (χ4n) is 6.43. The molecule has 16 nitrogen and oxygen atoms in total. The Morgan fingerprint density at radius 3 is 1.97 bits per heavy atom. The molecular weight excluding hydrogens is 822 g/mol. The van der Waals surface area contributed by atoms with Crippen molar-refractivity contribution in [3.8, 4) is 0 Å². The van der Waals surface area contributed by atoms with E-state index in [4.69, 9.17) is 23.8 Å². The molecular formula is C42H74O16P2. The number of aliphatic hydroxyl groups is 4. The summed E-state index contributed by atoms with van der Waals surface area (Å²) in [4.78, 5) is 52.9. The molecule has 1 rings (SSSR count). The number of unbranched alkanes of at least 4 members (excludes halogenated alkanes) is 11. The zero-order valence-corrected chi connectivity index (χ0v) is 37.4. The van der Waals surface area contributed by atoms with Gasteiger partial charge in [-0.25, -0.2) is 9.13 Å². The number of carbonyl (C=O) groups is 2. The number of rotatable bonds is 36. The third kappa shape index (κ3) is 30.1. The highest BCUT2D eigenvalue weighted by molar-refractivity contribution is 7.47. The van der Waals surface area contributed by atoms with Crippen molar-refractivity contribution in [1.29, 1.82) is 0 Å². The van der Waals surface area contributed by atoms with Crippen LogP contribution < -0.4 is 0 Å². The Kier molecular flexibility index (Phi) is 31.3. The average molecular weight is 897 g/mol. The van der Waals surface area contributed by atoms with Crippen LogP contribution in [0.25, 0.3) is 0 Å². The van der Waals surface area contributed by atoms with Crippen LogP contribution in [-0.4, -0.2) is 104 Å². The molecule has 0 amide bonds. The quantitative estimate of drug-likeness (QED) is 0.0109. The number of allylic oxidation sites excluding steroid dienone is 5. The molecule has 1 fully saturated rings. The second-order valence-electron chi connectivity index (χ2n) is 15.3. The van der Waals surface area contributed by atoms with Gasteiger partial charge in [0.1, 0.15) is 12.7 Å². The Labute approximate surface area is 356 Å². The maximum absolute atomic E-state index is 12.8. The molecule has 0 heterocycles. The third-order valence-corrected chi connectivity index (χ3v) is 11.2. The van der Waals surface area contributed by atoms with E-state index in [-0.39, 0.29) is 25.2 Å². The maximum Gasteiger partial charge on any atom is 0.472 e. The largest absolute Gasteiger partial charge is 0.472 e. The first kappa shape index (κ1) is 56.0. The van der Waals surface area contributed by atoms with Gasteiger partial charge in [0, 0.05) is 18.8 Å². The molecule has 60 heavy (non-hydrogen) atoms. The second-order valence-corrected chi connectivity index (χ2v) is 18.0. The molecule has 0 spiro atoms. The first-order valence-corrected chi connectivity index (χ1v) is 24.6. The zero-order valence-electron chi connectivity index (χ0n) is 35.6. The van der Waals surface area contributed by atoms with Gasteiger partial charge in [0.25, 0.3) is 0 Å². The molecule has 348 valence electrons. The molecule has 8 atom stereocenters. The van der Waals surface area contributed by atoms with Crippen LogP contribution in [0.1, 0.15) is 136 Å². The number of ether oxygens (including phenoxy) is 2. The Hall–Kier alpha value is -2.04. The summed E-state index contributed by atoms with van der Waals surface area (Å²) < 4.78 is 47.7. The predicted molar refractivity (Wildman–Crippen MR) is 227 cm³/mol. The minimum atomic E-state index is -4.91. The Bertz CT molecular complexity index is 1360. The summed E-state index contributed by atoms with van der Waals surface area (Å²) in [6.45, 7) is 1.23. The third-order valence-electron chi connectivity index (χ3n) is 9.81. The van der Waals surface area contributed by atoms with Gasteiger partial charge in [0.05, 0.1) is 44.6 Å². The summed E-state index contributed by atoms with van der Waals surface area (Å²) in [5, 5.41) is 41.1. The summed E-state index contributed by atoms with van der Waals surface area (Å²) in [6, 6.07) is 0. The normalized spacial score (nSPS) is 21.3. The van der Waals surface area contributed by atoms with Crippen molar-refractivity contribution >= 4 is 27.6 Å². The SMILES string of the molecule is CCCCCC/C=C\C=C/CCCCCCCC(=O)OC[C@H](COP(=O)(O)OC[C@@H](O)COP(=O)(O)O)OC(=O)C/C=C\C[C@H]1[C@@H](/C=C/[C@H](O)CCCCC)[C@H](O)C[C@@H]1O. The van der Waals surface area contributed by atoms with Gasteiger partial charge in [-0.15, -0.1) is 0 Å². The molecule has 0 aliphatic heterocycles. The van der Waals surface area contributed by atoms with Crippen LogP contribution in [0.3, 0.4) is 0 Å². The number of carbonyl (C=O) groups excluding carboxylic acids is 2. The fraction of sp³-hybridized carbons (Fsp3) is 0.762. The number of phosphoric ester groups is 2. The molecule has 0 aromatic heterocycles. The van der Waals surface area contributed by atoms with Crippen molar-refractivity contribution in [3.05, 3.63) is 48.6 Å². The number of esters is 2. The molecule has 1 aliphatic carbocycles. The van der Waals surface area contributed by atoms with E-state index in [1.807, 2.05) is 0 Å². The van der Waals surface area contributed by atoms with Crippen LogP contribution in [0.2, 0.25) is 0 Å². The first-order valence-electron chi connectivity index (χ1n) is 21.6. The first-order chi connectivity index (χ1) is 28.6. The van der Waals surface area contributed by atoms with Crippen molar-refractivity contribution < 1.29 is 76.9 Å². The molecule has 1 unspecified atom stereocenters. The number of hydrogen-bond donors (Lipinski definition) is 7. The second kappa shape index (κ2) is 33.5. The predicted octanol–water partition coefficient (Wildman–Crippen LogP) is 7.05. The fourth-order valence-corrected chi connectivity index (χ4v) is 7.59. The van der Waals surface area contributed by atoms with Gasteiger partial charge in [0.2, 0.25) is 0 Å². The van der Waals surface area contributed by atoms with Crippen LogP contribution in [0.15, 0.2) is 48.6 Å². The van der Waals surface area contributed by atoms with Crippen molar-refractivity contribution in [2.24, 2.45) is 11.8 Å². The van der Waals surface area contributed by atoms with Crippen LogP contribution in [0, 0.1) is 11.8 Å². The van der Waals surface area contributed by atoms with Crippen molar-refractivity contribution in [3.63, 3.8) is 0 Å². The lowest BCUT2D eigenvalue weighted by Gasteiger charge is -2.20. The minimum Gasteiger partial charge on any atom is -0.462 e. The van der Waals surface area contributed by atoms with E-state index in [0.717, 1.165) is 57.8 Å². The topological polar surface area (TPSA) is 256 Å². The van der Waals surface area contributed by atoms with E-state index in [0.29, 0.717) is 19.3 Å². The van der Waals surface area contributed by atoms with Crippen LogP contribution in [-0.2, 0) is 41.8 Å². The van der Waals surface area contributed by atoms with Gasteiger partial charge in [-0.3, -0.25) is 23.2 Å². The standard InChI is InChI=1S/C42H74O16P2/c1-3-5-7-8-9-10-11-12-13-14-15-16-17-18-20-25-41(47)54-32-36(33-57-60(52,53)56-31-35(44)30-55-59(49,50)51)58-42(48)26-22-21-24-37-38(40(46)29-39(37)45)28-27-34(43)23-19-6-4-2/h10-13,21-22,27-28,34-40,43-46H,3-9,14-20,23-26,29-33H2,1-2H3,(H,52,53)(H2,49,50,51)/b11-10-,13-12-,22-21-,28-27+/t34-,35+,36-,37+,38-,39+,40-/m1/s1. The minimum absolute atomic E-state index is 0.110. The number of hydrogen-bond acceptors (Lipinski definition) is 13. The monoisotopic (exact) mass is 896 g/mol. The summed E-state index contributed by atoms with van der Waals surface area (Å²) in [6.07, 6.45) is 25.2. The van der Waals surface area contributed by atoms with Gasteiger partial charge < -0.3 is 44.6 Å². The summed E-state index contributed by atoms with van der Waals surface area (Å²) >= 11 is 0. The smallest absolute Gasteiger partial charge is 0.462 e. The average Bonchev–Trinajstić information content (AvgIpc) is 3.46. The van der Waals surface area contributed by atoms with E-state index >= 15 is 0 Å². The molecule has 1 saturated carbocycles.